The molecule has 5 heteroatoms. The summed E-state index contributed by atoms with van der Waals surface area (Å²) in [7, 11) is 3.28. The molecule has 1 aliphatic heterocycles. The van der Waals surface area contributed by atoms with Crippen molar-refractivity contribution >= 4 is 27.7 Å². The van der Waals surface area contributed by atoms with Crippen molar-refractivity contribution in [3.8, 4) is 0 Å². The van der Waals surface area contributed by atoms with Crippen molar-refractivity contribution in [1.82, 2.24) is 0 Å². The molecule has 1 aliphatic rings. The van der Waals surface area contributed by atoms with Crippen molar-refractivity contribution in [2.45, 2.75) is 44.7 Å². The molecule has 4 nitrogen and oxygen atoms in total. The molecule has 0 aliphatic carbocycles. The second-order valence-corrected chi connectivity index (χ2v) is 6.66. The van der Waals surface area contributed by atoms with Crippen molar-refractivity contribution in [3.05, 3.63) is 23.7 Å². The molecule has 0 unspecified atom stereocenters. The largest absolute Gasteiger partial charge is 0.483 e. The van der Waals surface area contributed by atoms with Crippen molar-refractivity contribution in [2.75, 3.05) is 14.2 Å². The standard InChI is InChI=1S/C16H25BrN2O2/c1-7-8-9-16(10-12(4)17)15(21-6)18-13(11(2)3)14(19-16)20-5/h7,11,13H,1,4,8-10H2,2-3,5-6H3/t13-,16+/m0/s1. The van der Waals surface area contributed by atoms with E-state index < -0.39 is 5.54 Å². The van der Waals surface area contributed by atoms with Crippen molar-refractivity contribution < 1.29 is 9.47 Å². The first-order valence-corrected chi connectivity index (χ1v) is 7.89. The van der Waals surface area contributed by atoms with E-state index in [9.17, 15) is 0 Å². The lowest BCUT2D eigenvalue weighted by Gasteiger charge is -2.36. The van der Waals surface area contributed by atoms with E-state index in [4.69, 9.17) is 19.5 Å². The first kappa shape index (κ1) is 18.0. The molecule has 0 N–H and O–H groups in total. The fourth-order valence-corrected chi connectivity index (χ4v) is 2.96. The van der Waals surface area contributed by atoms with Crippen molar-refractivity contribution in [1.29, 1.82) is 0 Å². The maximum Gasteiger partial charge on any atom is 0.213 e. The van der Waals surface area contributed by atoms with Gasteiger partial charge < -0.3 is 9.47 Å². The van der Waals surface area contributed by atoms with Crippen molar-refractivity contribution in [3.63, 3.8) is 0 Å². The summed E-state index contributed by atoms with van der Waals surface area (Å²) < 4.78 is 11.9. The number of hydrogen-bond acceptors (Lipinski definition) is 4. The molecule has 0 radical (unpaired) electrons. The molecule has 0 saturated heterocycles. The van der Waals surface area contributed by atoms with Gasteiger partial charge in [-0.2, -0.15) is 0 Å². The third-order valence-electron chi connectivity index (χ3n) is 3.51. The lowest BCUT2D eigenvalue weighted by atomic mass is 9.87. The number of halogens is 1. The van der Waals surface area contributed by atoms with Crippen molar-refractivity contribution in [2.24, 2.45) is 15.9 Å². The first-order chi connectivity index (χ1) is 9.90. The lowest BCUT2D eigenvalue weighted by Crippen LogP contribution is -2.46. The van der Waals surface area contributed by atoms with E-state index >= 15 is 0 Å². The average molecular weight is 357 g/mol. The van der Waals surface area contributed by atoms with Gasteiger partial charge in [0.2, 0.25) is 11.8 Å². The summed E-state index contributed by atoms with van der Waals surface area (Å²) in [6.45, 7) is 11.9. The summed E-state index contributed by atoms with van der Waals surface area (Å²) in [6, 6.07) is -0.106. The molecule has 0 spiro atoms. The zero-order valence-corrected chi connectivity index (χ0v) is 14.9. The molecule has 0 amide bonds. The van der Waals surface area contributed by atoms with Crippen LogP contribution in [0, 0.1) is 5.92 Å². The third kappa shape index (κ3) is 4.19. The van der Waals surface area contributed by atoms with E-state index in [1.165, 1.54) is 0 Å². The summed E-state index contributed by atoms with van der Waals surface area (Å²) in [5.41, 5.74) is -0.569. The highest BCUT2D eigenvalue weighted by atomic mass is 79.9. The predicted molar refractivity (Wildman–Crippen MR) is 92.4 cm³/mol. The Balaban J connectivity index is 3.30. The first-order valence-electron chi connectivity index (χ1n) is 7.10. The predicted octanol–water partition coefficient (Wildman–Crippen LogP) is 4.12. The Morgan fingerprint density at radius 3 is 2.52 bits per heavy atom. The summed E-state index contributed by atoms with van der Waals surface area (Å²) in [5.74, 6) is 1.59. The van der Waals surface area contributed by atoms with Crippen LogP contribution in [-0.2, 0) is 9.47 Å². The molecule has 21 heavy (non-hydrogen) atoms. The number of nitrogens with zero attached hydrogens (tertiary/aromatic N) is 2. The number of aliphatic imine (C=N–C) groups is 2. The normalized spacial score (nSPS) is 25.1. The van der Waals surface area contributed by atoms with Crippen LogP contribution in [0.25, 0.3) is 0 Å². The van der Waals surface area contributed by atoms with Gasteiger partial charge in [-0.15, -0.1) is 6.58 Å². The quantitative estimate of drug-likeness (QED) is 0.671. The minimum absolute atomic E-state index is 0.106. The molecule has 0 fully saturated rings. The number of methoxy groups -OCH3 is 2. The Morgan fingerprint density at radius 2 is 2.10 bits per heavy atom. The molecule has 0 aromatic heterocycles. The number of hydrogen-bond donors (Lipinski definition) is 0. The van der Waals surface area contributed by atoms with Crippen LogP contribution in [-0.4, -0.2) is 37.6 Å². The maximum atomic E-state index is 5.57. The number of ether oxygens (including phenoxy) is 2. The summed E-state index contributed by atoms with van der Waals surface area (Å²) in [5, 5.41) is 0. The molecular formula is C16H25BrN2O2. The van der Waals surface area contributed by atoms with Gasteiger partial charge in [0, 0.05) is 6.42 Å². The fourth-order valence-electron chi connectivity index (χ4n) is 2.49. The lowest BCUT2D eigenvalue weighted by molar-refractivity contribution is 0.298. The highest BCUT2D eigenvalue weighted by Crippen LogP contribution is 2.35. The van der Waals surface area contributed by atoms with Crippen LogP contribution in [0.5, 0.6) is 0 Å². The molecule has 0 aromatic carbocycles. The van der Waals surface area contributed by atoms with Gasteiger partial charge in [0.15, 0.2) is 0 Å². The summed E-state index contributed by atoms with van der Waals surface area (Å²) in [4.78, 5) is 9.62. The van der Waals surface area contributed by atoms with Crippen LogP contribution in [0.3, 0.4) is 0 Å². The highest BCUT2D eigenvalue weighted by molar-refractivity contribution is 9.11. The highest BCUT2D eigenvalue weighted by Gasteiger charge is 2.43. The summed E-state index contributed by atoms with van der Waals surface area (Å²) in [6.07, 6.45) is 4.06. The second-order valence-electron chi connectivity index (χ2n) is 5.53. The minimum Gasteiger partial charge on any atom is -0.483 e. The van der Waals surface area contributed by atoms with E-state index in [0.29, 0.717) is 24.1 Å². The summed E-state index contributed by atoms with van der Waals surface area (Å²) >= 11 is 3.44. The van der Waals surface area contributed by atoms with Gasteiger partial charge in [-0.1, -0.05) is 42.4 Å². The molecule has 1 heterocycles. The molecule has 0 bridgehead atoms. The Labute approximate surface area is 136 Å². The Hall–Kier alpha value is -1.10. The number of allylic oxidation sites excluding steroid dienone is 1. The smallest absolute Gasteiger partial charge is 0.213 e. The van der Waals surface area contributed by atoms with Gasteiger partial charge in [-0.25, -0.2) is 9.98 Å². The Bertz CT molecular complexity index is 457. The zero-order chi connectivity index (χ0) is 16.0. The van der Waals surface area contributed by atoms with E-state index in [2.05, 4.69) is 42.9 Å². The fraction of sp³-hybridized carbons (Fsp3) is 0.625. The van der Waals surface area contributed by atoms with E-state index in [-0.39, 0.29) is 6.04 Å². The third-order valence-corrected chi connectivity index (χ3v) is 3.79. The van der Waals surface area contributed by atoms with Crippen LogP contribution in [0.1, 0.15) is 33.1 Å². The van der Waals surface area contributed by atoms with Gasteiger partial charge in [-0.05, 0) is 23.2 Å². The molecule has 1 rings (SSSR count). The van der Waals surface area contributed by atoms with Crippen LogP contribution < -0.4 is 0 Å². The molecule has 0 saturated carbocycles. The van der Waals surface area contributed by atoms with Crippen LogP contribution in [0.4, 0.5) is 0 Å². The second kappa shape index (κ2) is 7.78. The molecule has 118 valence electrons. The van der Waals surface area contributed by atoms with Gasteiger partial charge >= 0.3 is 0 Å². The topological polar surface area (TPSA) is 43.2 Å². The van der Waals surface area contributed by atoms with Gasteiger partial charge in [-0.3, -0.25) is 0 Å². The zero-order valence-electron chi connectivity index (χ0n) is 13.4. The number of rotatable bonds is 6. The molecular weight excluding hydrogens is 332 g/mol. The van der Waals surface area contributed by atoms with E-state index in [0.717, 1.165) is 17.3 Å². The van der Waals surface area contributed by atoms with E-state index in [1.807, 2.05) is 6.08 Å². The minimum atomic E-state index is -0.569. The van der Waals surface area contributed by atoms with Gasteiger partial charge in [0.25, 0.3) is 0 Å². The van der Waals surface area contributed by atoms with Gasteiger partial charge in [0.1, 0.15) is 11.6 Å². The monoisotopic (exact) mass is 356 g/mol. The average Bonchev–Trinajstić information content (AvgIpc) is 2.43. The van der Waals surface area contributed by atoms with Crippen LogP contribution in [0.15, 0.2) is 33.7 Å². The van der Waals surface area contributed by atoms with Crippen LogP contribution >= 0.6 is 15.9 Å². The van der Waals surface area contributed by atoms with Gasteiger partial charge in [0.05, 0.1) is 14.2 Å². The van der Waals surface area contributed by atoms with Crippen LogP contribution in [0.2, 0.25) is 0 Å². The Morgan fingerprint density at radius 1 is 1.43 bits per heavy atom. The molecule has 2 atom stereocenters. The SMILES string of the molecule is C=CCC[C@]1(CC(=C)Br)N=C(OC)[C@H](C(C)C)N=C1OC. The molecule has 0 aromatic rings. The van der Waals surface area contributed by atoms with E-state index in [1.54, 1.807) is 14.2 Å². The maximum absolute atomic E-state index is 5.57. The Kier molecular flexibility index (Phi) is 6.65.